The number of hydrogen-bond donors (Lipinski definition) is 14. The van der Waals surface area contributed by atoms with Crippen LogP contribution in [0.4, 0.5) is 68.2 Å². The van der Waals surface area contributed by atoms with Crippen molar-refractivity contribution >= 4 is 74.2 Å². The van der Waals surface area contributed by atoms with Crippen LogP contribution >= 0.6 is 0 Å². The molecule has 28 N–H and O–H groups in total. The van der Waals surface area contributed by atoms with E-state index in [2.05, 4.69) is 213 Å². The third kappa shape index (κ3) is 118. The molecule has 0 radical (unpaired) electrons. The van der Waals surface area contributed by atoms with Crippen molar-refractivity contribution in [3.05, 3.63) is 267 Å². The number of benzene rings is 7. The third-order valence-electron chi connectivity index (χ3n) is 14.3. The van der Waals surface area contributed by atoms with E-state index in [4.69, 9.17) is 68.8 Å². The number of allylic oxidation sites excluding steroid dienone is 4. The Kier molecular flexibility index (Phi) is 103. The number of ether oxygens (including phenoxy) is 2. The molecule has 0 bridgehead atoms. The number of nitrogens with two attached hydrogens (primary N) is 14. The molecule has 121 heavy (non-hydrogen) atoms. The molecule has 0 heterocycles. The highest BCUT2D eigenvalue weighted by molar-refractivity contribution is 5.81. The predicted molar refractivity (Wildman–Crippen MR) is 547 cm³/mol. The summed E-state index contributed by atoms with van der Waals surface area (Å²) in [5.41, 5.74) is 87.6. The molecule has 0 aliphatic heterocycles. The number of carbonyl (C=O) groups is 1. The minimum absolute atomic E-state index is 0.00907. The number of hydrogen-bond acceptors (Lipinski definition) is 23. The summed E-state index contributed by atoms with van der Waals surface area (Å²) in [4.78, 5) is 23.6. The molecule has 0 atom stereocenters. The van der Waals surface area contributed by atoms with Gasteiger partial charge in [-0.25, -0.2) is 4.79 Å². The number of carbonyl (C=O) groups excluding carboxylic acids is 1. The number of unbranched alkanes of at least 4 members (excludes halogenated alkanes) is 2. The Bertz CT molecular complexity index is 3050. The normalized spacial score (nSPS) is 9.39. The standard InChI is InChI=1S/C12H23N.C9H21N.2C7H15N.C7H17N.C7H13N.6C6H8N2.C6H6.C5H8O3.2CH5N/c1-11(2)7-6-8-12(3)9-10-13(4)5;1-4-6-8-10(3)9-7-5-2;1-7(2)5-6-8(3)4;1-5-8(4)6-7(2)3;2*1-4-6-8(3)7-5-2;6*7-5-2-1-3-6(8)4-5;1-2-4-6-5-3-1;1-3-5(6)8-4-7-2;2*1-2/h7,9H,6,8,10H2,1-5H3;4-9H2,1-3H3;5H,6H2,1-4H3;2,5-6H2,1,3-4H3;4-7H2,1-3H3;4-5H,1-2,6-7H2,3H3;6*1-4H,7-8H2;1-6H;3H,1,4H2,2H3;2*2H2,1H3/b12-9+;;;;;;;;;;;;;;;. The summed E-state index contributed by atoms with van der Waals surface area (Å²) < 4.78 is 8.78. The molecule has 0 aliphatic carbocycles. The van der Waals surface area contributed by atoms with Crippen LogP contribution in [-0.2, 0) is 14.3 Å². The molecule has 23 nitrogen and oxygen atoms in total. The first-order valence-electron chi connectivity index (χ1n) is 41.2. The Morgan fingerprint density at radius 2 is 0.628 bits per heavy atom. The van der Waals surface area contributed by atoms with Crippen LogP contribution in [0.2, 0.25) is 0 Å². The number of rotatable bonds is 27. The first kappa shape index (κ1) is 129. The second kappa shape index (κ2) is 96.6. The lowest BCUT2D eigenvalue weighted by molar-refractivity contribution is -0.147. The van der Waals surface area contributed by atoms with E-state index in [-0.39, 0.29) is 6.79 Å². The molecule has 0 fully saturated rings. The monoisotopic (exact) mass is 1680 g/mol. The van der Waals surface area contributed by atoms with E-state index in [1.165, 1.54) is 121 Å². The van der Waals surface area contributed by atoms with Crippen molar-refractivity contribution in [1.82, 2.24) is 29.4 Å². The number of nitrogen functional groups attached to an aromatic ring is 12. The van der Waals surface area contributed by atoms with Gasteiger partial charge in [-0.2, -0.15) is 0 Å². The quantitative estimate of drug-likeness (QED) is 0.00747. The summed E-state index contributed by atoms with van der Waals surface area (Å²) in [5, 5.41) is 0. The van der Waals surface area contributed by atoms with Crippen LogP contribution in [0.1, 0.15) is 128 Å². The Labute approximate surface area is 738 Å². The van der Waals surface area contributed by atoms with Gasteiger partial charge in [0.1, 0.15) is 0 Å². The number of methoxy groups -OCH3 is 1. The number of esters is 1. The zero-order valence-electron chi connectivity index (χ0n) is 79.5. The fourth-order valence-electron chi connectivity index (χ4n) is 8.24. The second-order valence-electron chi connectivity index (χ2n) is 28.3. The Balaban J connectivity index is -0.000000159. The van der Waals surface area contributed by atoms with Gasteiger partial charge < -0.3 is 114 Å². The van der Waals surface area contributed by atoms with Gasteiger partial charge in [0.2, 0.25) is 0 Å². The van der Waals surface area contributed by atoms with Crippen molar-refractivity contribution in [3.8, 4) is 0 Å². The third-order valence-corrected chi connectivity index (χ3v) is 14.3. The fourth-order valence-corrected chi connectivity index (χ4v) is 8.24. The van der Waals surface area contributed by atoms with Crippen LogP contribution in [0.25, 0.3) is 0 Å². The molecule has 0 amide bonds. The van der Waals surface area contributed by atoms with Crippen molar-refractivity contribution in [3.63, 3.8) is 0 Å². The van der Waals surface area contributed by atoms with Crippen molar-refractivity contribution in [1.29, 1.82) is 0 Å². The maximum atomic E-state index is 10.2. The van der Waals surface area contributed by atoms with Crippen LogP contribution in [0.15, 0.2) is 267 Å². The fraction of sp³-hybridized carbons (Fsp3) is 0.418. The smallest absolute Gasteiger partial charge is 0.332 e. The molecule has 0 saturated carbocycles. The molecule has 686 valence electrons. The molecule has 7 rings (SSSR count). The largest absolute Gasteiger partial charge is 0.435 e. The lowest BCUT2D eigenvalue weighted by atomic mass is 10.1. The topological polar surface area (TPSA) is 419 Å². The van der Waals surface area contributed by atoms with Gasteiger partial charge in [0.05, 0.1) is 0 Å². The Morgan fingerprint density at radius 1 is 0.364 bits per heavy atom. The molecular weight excluding hydrogens is 1510 g/mol. The van der Waals surface area contributed by atoms with Gasteiger partial charge in [0.25, 0.3) is 0 Å². The summed E-state index contributed by atoms with van der Waals surface area (Å²) in [6.45, 7) is 49.2. The molecule has 0 unspecified atom stereocenters. The average molecular weight is 1680 g/mol. The predicted octanol–water partition coefficient (Wildman–Crippen LogP) is 18.1. The van der Waals surface area contributed by atoms with Crippen molar-refractivity contribution in [2.24, 2.45) is 11.5 Å². The van der Waals surface area contributed by atoms with Crippen LogP contribution < -0.4 is 80.3 Å². The highest BCUT2D eigenvalue weighted by Crippen LogP contribution is 2.11. The van der Waals surface area contributed by atoms with Crippen molar-refractivity contribution in [2.75, 3.05) is 219 Å². The van der Waals surface area contributed by atoms with Gasteiger partial charge in [-0.3, -0.25) is 4.90 Å². The zero-order chi connectivity index (χ0) is 94.6. The van der Waals surface area contributed by atoms with Gasteiger partial charge in [-0.1, -0.05) is 186 Å². The highest BCUT2D eigenvalue weighted by atomic mass is 16.7. The number of likely N-dealkylation sites (N-methyl/N-ethyl adjacent to an activating group) is 4. The molecule has 0 aliphatic rings. The molecular formula is C98H176N20O3. The molecule has 7 aromatic rings. The van der Waals surface area contributed by atoms with E-state index in [1.807, 2.05) is 98.9 Å². The zero-order valence-corrected chi connectivity index (χ0v) is 79.5. The summed E-state index contributed by atoms with van der Waals surface area (Å²) >= 11 is 0. The minimum Gasteiger partial charge on any atom is -0.435 e. The van der Waals surface area contributed by atoms with E-state index in [0.29, 0.717) is 68.2 Å². The molecule has 7 aromatic carbocycles. The van der Waals surface area contributed by atoms with Gasteiger partial charge in [0.15, 0.2) is 6.79 Å². The van der Waals surface area contributed by atoms with Gasteiger partial charge in [-0.15, -0.1) is 13.2 Å². The van der Waals surface area contributed by atoms with Crippen molar-refractivity contribution < 1.29 is 14.3 Å². The van der Waals surface area contributed by atoms with Gasteiger partial charge in [0, 0.05) is 114 Å². The van der Waals surface area contributed by atoms with Crippen LogP contribution in [0, 0.1) is 0 Å². The molecule has 23 heteroatoms. The van der Waals surface area contributed by atoms with Crippen LogP contribution in [0.3, 0.4) is 0 Å². The second-order valence-corrected chi connectivity index (χ2v) is 28.3. The van der Waals surface area contributed by atoms with Crippen molar-refractivity contribution in [2.45, 2.75) is 128 Å². The van der Waals surface area contributed by atoms with Crippen LogP contribution in [-0.4, -0.2) is 185 Å². The van der Waals surface area contributed by atoms with Gasteiger partial charge >= 0.3 is 5.97 Å². The maximum absolute atomic E-state index is 10.2. The maximum Gasteiger partial charge on any atom is 0.332 e. The summed E-state index contributed by atoms with van der Waals surface area (Å²) in [5.74, 6) is -0.466. The molecule has 0 spiro atoms. The summed E-state index contributed by atoms with van der Waals surface area (Å²) in [6, 6.07) is 54.9. The molecule has 0 saturated heterocycles. The SMILES string of the molecule is C=C(C)CN(C)CC.C=CC(=O)OCOC.C=CCN(C)CC=C.CC(C)=CCC/C(C)=C/CN(C)C.CC(C)=CCN(C)C.CCCCN(C)CCCC.CCCN(C)CCC.CN.CN.Nc1cccc(N)c1.Nc1cccc(N)c1.Nc1cccc(N)c1.Nc1cccc(N)c1.Nc1cccc(N)c1.Nc1cccc(N)c1.c1ccccc1. The Morgan fingerprint density at radius 3 is 0.802 bits per heavy atom. The lowest BCUT2D eigenvalue weighted by Gasteiger charge is -2.14. The summed E-state index contributed by atoms with van der Waals surface area (Å²) in [6.07, 6.45) is 21.9. The number of nitrogens with zero attached hydrogens (tertiary/aromatic N) is 6. The number of anilines is 12. The average Bonchev–Trinajstić information content (AvgIpc) is 0.974. The first-order chi connectivity index (χ1) is 57.3. The van der Waals surface area contributed by atoms with E-state index >= 15 is 0 Å². The van der Waals surface area contributed by atoms with E-state index < -0.39 is 5.97 Å². The van der Waals surface area contributed by atoms with E-state index in [1.54, 1.807) is 109 Å². The van der Waals surface area contributed by atoms with Crippen LogP contribution in [0.5, 0.6) is 0 Å². The van der Waals surface area contributed by atoms with Gasteiger partial charge in [-0.05, 0) is 292 Å². The minimum atomic E-state index is -0.466. The molecule has 0 aromatic heterocycles. The highest BCUT2D eigenvalue weighted by Gasteiger charge is 1.97. The first-order valence-corrected chi connectivity index (χ1v) is 41.2. The lowest BCUT2D eigenvalue weighted by Crippen LogP contribution is -2.20. The van der Waals surface area contributed by atoms with E-state index in [9.17, 15) is 4.79 Å². The van der Waals surface area contributed by atoms with E-state index in [0.717, 1.165) is 45.3 Å². The Hall–Kier alpha value is -10.6. The summed E-state index contributed by atoms with van der Waals surface area (Å²) in [7, 11) is 21.3.